The average Bonchev–Trinajstić information content (AvgIpc) is 2.40. The van der Waals surface area contributed by atoms with Crippen LogP contribution < -0.4 is 5.32 Å². The average molecular weight is 292 g/mol. The molecule has 2 aromatic carbocycles. The van der Waals surface area contributed by atoms with Gasteiger partial charge in [-0.05, 0) is 49.6 Å². The van der Waals surface area contributed by atoms with Crippen LogP contribution in [0.5, 0.6) is 0 Å². The van der Waals surface area contributed by atoms with E-state index in [4.69, 9.17) is 11.6 Å². The molecule has 1 unspecified atom stereocenters. The lowest BCUT2D eigenvalue weighted by Crippen LogP contribution is -2.19. The van der Waals surface area contributed by atoms with Gasteiger partial charge in [-0.3, -0.25) is 0 Å². The molecule has 0 amide bonds. The monoisotopic (exact) mass is 291 g/mol. The fourth-order valence-corrected chi connectivity index (χ4v) is 2.50. The molecule has 20 heavy (non-hydrogen) atoms. The van der Waals surface area contributed by atoms with Crippen LogP contribution in [-0.4, -0.2) is 0 Å². The second-order valence-electron chi connectivity index (χ2n) is 5.20. The highest BCUT2D eigenvalue weighted by molar-refractivity contribution is 6.31. The minimum atomic E-state index is -0.304. The molecule has 1 atom stereocenters. The van der Waals surface area contributed by atoms with Gasteiger partial charge in [-0.15, -0.1) is 0 Å². The predicted octanol–water partition coefficient (Wildman–Crippen LogP) is 4.95. The first-order valence-electron chi connectivity index (χ1n) is 6.72. The van der Waals surface area contributed by atoms with Crippen LogP contribution in [0.15, 0.2) is 36.4 Å². The Balaban J connectivity index is 2.08. The van der Waals surface area contributed by atoms with Gasteiger partial charge in [-0.2, -0.15) is 0 Å². The Kier molecular flexibility index (Phi) is 4.79. The maximum Gasteiger partial charge on any atom is 0.124 e. The van der Waals surface area contributed by atoms with Crippen LogP contribution in [0.4, 0.5) is 4.39 Å². The summed E-state index contributed by atoms with van der Waals surface area (Å²) in [5, 5.41) is 3.90. The van der Waals surface area contributed by atoms with E-state index in [0.29, 0.717) is 11.6 Å². The van der Waals surface area contributed by atoms with Gasteiger partial charge >= 0.3 is 0 Å². The van der Waals surface area contributed by atoms with Crippen molar-refractivity contribution in [1.29, 1.82) is 0 Å². The third-order valence-corrected chi connectivity index (χ3v) is 3.87. The molecule has 0 bridgehead atoms. The Morgan fingerprint density at radius 3 is 2.60 bits per heavy atom. The van der Waals surface area contributed by atoms with Crippen LogP contribution in [0, 0.1) is 19.7 Å². The SMILES string of the molecule is Cc1ccc(C)c(C(C)NCc2ccc(F)cc2Cl)c1. The minimum absolute atomic E-state index is 0.219. The van der Waals surface area contributed by atoms with E-state index in [0.717, 1.165) is 5.56 Å². The lowest BCUT2D eigenvalue weighted by atomic mass is 10.00. The van der Waals surface area contributed by atoms with Crippen molar-refractivity contribution in [1.82, 2.24) is 5.32 Å². The Bertz CT molecular complexity index is 610. The first-order chi connectivity index (χ1) is 9.47. The maximum atomic E-state index is 13.0. The molecule has 3 heteroatoms. The highest BCUT2D eigenvalue weighted by Crippen LogP contribution is 2.21. The summed E-state index contributed by atoms with van der Waals surface area (Å²) >= 11 is 6.04. The number of aryl methyl sites for hydroxylation is 2. The molecular weight excluding hydrogens is 273 g/mol. The second-order valence-corrected chi connectivity index (χ2v) is 5.61. The third kappa shape index (κ3) is 3.59. The van der Waals surface area contributed by atoms with Crippen LogP contribution in [0.2, 0.25) is 5.02 Å². The normalized spacial score (nSPS) is 12.4. The van der Waals surface area contributed by atoms with Crippen molar-refractivity contribution in [2.24, 2.45) is 0 Å². The van der Waals surface area contributed by atoms with Gasteiger partial charge in [0.15, 0.2) is 0 Å². The summed E-state index contributed by atoms with van der Waals surface area (Å²) in [7, 11) is 0. The highest BCUT2D eigenvalue weighted by atomic mass is 35.5. The molecule has 2 aromatic rings. The van der Waals surface area contributed by atoms with Crippen molar-refractivity contribution < 1.29 is 4.39 Å². The largest absolute Gasteiger partial charge is 0.306 e. The van der Waals surface area contributed by atoms with Gasteiger partial charge in [0, 0.05) is 17.6 Å². The van der Waals surface area contributed by atoms with Gasteiger partial charge in [0.05, 0.1) is 0 Å². The highest BCUT2D eigenvalue weighted by Gasteiger charge is 2.09. The van der Waals surface area contributed by atoms with E-state index in [-0.39, 0.29) is 11.9 Å². The van der Waals surface area contributed by atoms with Crippen LogP contribution in [0.3, 0.4) is 0 Å². The van der Waals surface area contributed by atoms with Gasteiger partial charge in [-0.1, -0.05) is 41.4 Å². The zero-order valence-corrected chi connectivity index (χ0v) is 12.8. The van der Waals surface area contributed by atoms with Crippen molar-refractivity contribution in [3.63, 3.8) is 0 Å². The molecule has 0 fully saturated rings. The smallest absolute Gasteiger partial charge is 0.124 e. The van der Waals surface area contributed by atoms with E-state index >= 15 is 0 Å². The van der Waals surface area contributed by atoms with E-state index < -0.39 is 0 Å². The molecule has 0 heterocycles. The van der Waals surface area contributed by atoms with Gasteiger partial charge in [0.2, 0.25) is 0 Å². The quantitative estimate of drug-likeness (QED) is 0.841. The van der Waals surface area contributed by atoms with Crippen molar-refractivity contribution in [2.45, 2.75) is 33.4 Å². The number of rotatable bonds is 4. The summed E-state index contributed by atoms with van der Waals surface area (Å²) in [4.78, 5) is 0. The molecule has 1 nitrogen and oxygen atoms in total. The Morgan fingerprint density at radius 2 is 1.90 bits per heavy atom. The van der Waals surface area contributed by atoms with Gasteiger partial charge < -0.3 is 5.32 Å². The number of hydrogen-bond acceptors (Lipinski definition) is 1. The molecule has 0 aliphatic heterocycles. The molecule has 0 aliphatic carbocycles. The molecule has 2 rings (SSSR count). The van der Waals surface area contributed by atoms with Crippen molar-refractivity contribution in [3.05, 3.63) is 69.5 Å². The fourth-order valence-electron chi connectivity index (χ4n) is 2.26. The summed E-state index contributed by atoms with van der Waals surface area (Å²) in [6, 6.07) is 11.2. The maximum absolute atomic E-state index is 13.0. The van der Waals surface area contributed by atoms with E-state index in [2.05, 4.69) is 44.3 Å². The zero-order valence-electron chi connectivity index (χ0n) is 12.0. The number of halogens is 2. The molecule has 0 radical (unpaired) electrons. The first kappa shape index (κ1) is 15.0. The summed E-state index contributed by atoms with van der Waals surface area (Å²) < 4.78 is 13.0. The fraction of sp³-hybridized carbons (Fsp3) is 0.294. The van der Waals surface area contributed by atoms with Crippen molar-refractivity contribution >= 4 is 11.6 Å². The summed E-state index contributed by atoms with van der Waals surface area (Å²) in [5.74, 6) is -0.304. The molecule has 0 saturated heterocycles. The number of benzene rings is 2. The predicted molar refractivity (Wildman–Crippen MR) is 82.6 cm³/mol. The molecule has 0 spiro atoms. The van der Waals surface area contributed by atoms with Crippen LogP contribution in [0.25, 0.3) is 0 Å². The van der Waals surface area contributed by atoms with E-state index in [9.17, 15) is 4.39 Å². The third-order valence-electron chi connectivity index (χ3n) is 3.52. The van der Waals surface area contributed by atoms with Gasteiger partial charge in [0.25, 0.3) is 0 Å². The first-order valence-corrected chi connectivity index (χ1v) is 7.09. The minimum Gasteiger partial charge on any atom is -0.306 e. The molecule has 106 valence electrons. The summed E-state index contributed by atoms with van der Waals surface area (Å²) in [6.07, 6.45) is 0. The van der Waals surface area contributed by atoms with Crippen LogP contribution >= 0.6 is 11.6 Å². The molecule has 0 aromatic heterocycles. The Labute approximate surface area is 124 Å². The van der Waals surface area contributed by atoms with Gasteiger partial charge in [-0.25, -0.2) is 4.39 Å². The molecule has 0 aliphatic rings. The van der Waals surface area contributed by atoms with E-state index in [1.54, 1.807) is 6.07 Å². The standard InChI is InChI=1S/C17H19ClFN/c1-11-4-5-12(2)16(8-11)13(3)20-10-14-6-7-15(19)9-17(14)18/h4-9,13,20H,10H2,1-3H3. The van der Waals surface area contributed by atoms with Gasteiger partial charge in [0.1, 0.15) is 5.82 Å². The topological polar surface area (TPSA) is 12.0 Å². The van der Waals surface area contributed by atoms with E-state index in [1.807, 2.05) is 0 Å². The summed E-state index contributed by atoms with van der Waals surface area (Å²) in [6.45, 7) is 6.94. The lowest BCUT2D eigenvalue weighted by molar-refractivity contribution is 0.570. The van der Waals surface area contributed by atoms with Crippen molar-refractivity contribution in [2.75, 3.05) is 0 Å². The molecule has 0 saturated carbocycles. The Morgan fingerprint density at radius 1 is 1.15 bits per heavy atom. The van der Waals surface area contributed by atoms with Crippen LogP contribution in [0.1, 0.15) is 35.2 Å². The zero-order chi connectivity index (χ0) is 14.7. The number of hydrogen-bond donors (Lipinski definition) is 1. The molecular formula is C17H19ClFN. The van der Waals surface area contributed by atoms with Crippen LogP contribution in [-0.2, 0) is 6.54 Å². The number of nitrogens with one attached hydrogen (secondary N) is 1. The molecule has 1 N–H and O–H groups in total. The second kappa shape index (κ2) is 6.38. The van der Waals surface area contributed by atoms with Crippen molar-refractivity contribution in [3.8, 4) is 0 Å². The van der Waals surface area contributed by atoms with E-state index in [1.165, 1.54) is 28.8 Å². The summed E-state index contributed by atoms with van der Waals surface area (Å²) in [5.41, 5.74) is 4.70. The lowest BCUT2D eigenvalue weighted by Gasteiger charge is -2.18. The Hall–Kier alpha value is -1.38.